The van der Waals surface area contributed by atoms with Crippen molar-refractivity contribution in [1.29, 1.82) is 0 Å². The third kappa shape index (κ3) is 5.42. The number of hydrogen-bond acceptors (Lipinski definition) is 6. The van der Waals surface area contributed by atoms with Crippen molar-refractivity contribution in [3.8, 4) is 0 Å². The molecule has 0 aliphatic rings. The zero-order chi connectivity index (χ0) is 12.7. The fraction of sp³-hybridized carbons (Fsp3) is 0.667. The van der Waals surface area contributed by atoms with E-state index >= 15 is 0 Å². The van der Waals surface area contributed by atoms with Crippen molar-refractivity contribution in [1.82, 2.24) is 0 Å². The van der Waals surface area contributed by atoms with Crippen LogP contribution in [0.2, 0.25) is 0 Å². The Morgan fingerprint density at radius 2 is 1.81 bits per heavy atom. The fourth-order valence-corrected chi connectivity index (χ4v) is 0.802. The van der Waals surface area contributed by atoms with Gasteiger partial charge in [-0.15, -0.1) is 0 Å². The lowest BCUT2D eigenvalue weighted by molar-refractivity contribution is -0.160. The lowest BCUT2D eigenvalue weighted by Crippen LogP contribution is -2.34. The first-order valence-corrected chi connectivity index (χ1v) is 4.87. The topological polar surface area (TPSA) is 133 Å². The van der Waals surface area contributed by atoms with Crippen LogP contribution < -0.4 is 11.5 Å². The van der Waals surface area contributed by atoms with Crippen LogP contribution in [0.25, 0.3) is 0 Å². The maximum Gasteiger partial charge on any atom is 0.330 e. The van der Waals surface area contributed by atoms with Gasteiger partial charge in [0.05, 0.1) is 0 Å². The van der Waals surface area contributed by atoms with Crippen molar-refractivity contribution in [2.24, 2.45) is 11.5 Å². The van der Waals surface area contributed by atoms with Crippen LogP contribution >= 0.6 is 0 Å². The summed E-state index contributed by atoms with van der Waals surface area (Å²) in [4.78, 5) is 32.4. The van der Waals surface area contributed by atoms with Crippen molar-refractivity contribution < 1.29 is 24.2 Å². The highest BCUT2D eigenvalue weighted by Crippen LogP contribution is 1.99. The van der Waals surface area contributed by atoms with Gasteiger partial charge in [0.25, 0.3) is 0 Å². The molecule has 0 heterocycles. The van der Waals surface area contributed by atoms with Crippen molar-refractivity contribution in [3.05, 3.63) is 0 Å². The van der Waals surface area contributed by atoms with Crippen LogP contribution in [0.5, 0.6) is 0 Å². The fourth-order valence-electron chi connectivity index (χ4n) is 0.802. The normalized spacial score (nSPS) is 13.9. The highest BCUT2D eigenvalue weighted by atomic mass is 16.6. The van der Waals surface area contributed by atoms with E-state index in [2.05, 4.69) is 4.74 Å². The van der Waals surface area contributed by atoms with Gasteiger partial charge in [0, 0.05) is 6.42 Å². The maximum absolute atomic E-state index is 11.1. The number of hydrogen-bond donors (Lipinski definition) is 3. The van der Waals surface area contributed by atoms with Crippen LogP contribution in [-0.2, 0) is 19.1 Å². The number of rotatable bonds is 6. The molecule has 0 rings (SSSR count). The van der Waals surface area contributed by atoms with E-state index in [0.29, 0.717) is 6.42 Å². The minimum Gasteiger partial charge on any atom is -0.480 e. The molecule has 0 fully saturated rings. The van der Waals surface area contributed by atoms with Crippen molar-refractivity contribution in [2.75, 3.05) is 0 Å². The van der Waals surface area contributed by atoms with E-state index in [1.54, 1.807) is 6.92 Å². The first-order valence-electron chi connectivity index (χ1n) is 4.87. The number of ether oxygens (including phenoxy) is 1. The average Bonchev–Trinajstić information content (AvgIpc) is 2.24. The summed E-state index contributed by atoms with van der Waals surface area (Å²) in [5.41, 5.74) is 10.5. The van der Waals surface area contributed by atoms with Gasteiger partial charge in [-0.25, -0.2) is 4.79 Å². The van der Waals surface area contributed by atoms with E-state index in [0.717, 1.165) is 0 Å². The molecule has 5 N–H and O–H groups in total. The number of carboxylic acids is 1. The summed E-state index contributed by atoms with van der Waals surface area (Å²) in [5, 5.41) is 8.44. The summed E-state index contributed by atoms with van der Waals surface area (Å²) in [7, 11) is 0. The Hall–Kier alpha value is -1.47. The quantitative estimate of drug-likeness (QED) is 0.394. The highest BCUT2D eigenvalue weighted by molar-refractivity contribution is 5.88. The minimum atomic E-state index is -1.20. The van der Waals surface area contributed by atoms with Gasteiger partial charge in [-0.2, -0.15) is 0 Å². The lowest BCUT2D eigenvalue weighted by atomic mass is 10.2. The number of nitrogens with two attached hydrogens (primary N) is 2. The van der Waals surface area contributed by atoms with E-state index in [4.69, 9.17) is 16.6 Å². The molecule has 2 atom stereocenters. The summed E-state index contributed by atoms with van der Waals surface area (Å²) in [5.74, 6) is -2.83. The van der Waals surface area contributed by atoms with E-state index < -0.39 is 30.0 Å². The zero-order valence-electron chi connectivity index (χ0n) is 9.01. The maximum atomic E-state index is 11.1. The average molecular weight is 232 g/mol. The third-order valence-electron chi connectivity index (χ3n) is 1.93. The molecular formula is C9H16N2O5. The molecule has 0 aromatic carbocycles. The molecule has 0 saturated carbocycles. The second kappa shape index (κ2) is 6.91. The van der Waals surface area contributed by atoms with Gasteiger partial charge in [0.2, 0.25) is 0 Å². The molecule has 0 unspecified atom stereocenters. The largest absolute Gasteiger partial charge is 0.480 e. The standard InChI is InChI=1S/C9H16N2O5/c1-2-5(10)9(15)16-7(12)4-3-6(11)8(13)14/h5-6H,2-4,10-11H2,1H3,(H,13,14)/t5-,6-/m0/s1. The monoisotopic (exact) mass is 232 g/mol. The summed E-state index contributed by atoms with van der Waals surface area (Å²) >= 11 is 0. The van der Waals surface area contributed by atoms with E-state index in [1.807, 2.05) is 0 Å². The number of carboxylic acid groups (broad SMARTS) is 1. The molecule has 92 valence electrons. The van der Waals surface area contributed by atoms with Crippen molar-refractivity contribution >= 4 is 17.9 Å². The Morgan fingerprint density at radius 1 is 1.25 bits per heavy atom. The summed E-state index contributed by atoms with van der Waals surface area (Å²) < 4.78 is 4.38. The molecule has 7 nitrogen and oxygen atoms in total. The molecule has 0 bridgehead atoms. The SMILES string of the molecule is CC[C@H](N)C(=O)OC(=O)CC[C@H](N)C(=O)O. The van der Waals surface area contributed by atoms with Crippen molar-refractivity contribution in [2.45, 2.75) is 38.3 Å². The van der Waals surface area contributed by atoms with E-state index in [9.17, 15) is 14.4 Å². The van der Waals surface area contributed by atoms with Crippen LogP contribution in [0.15, 0.2) is 0 Å². The summed E-state index contributed by atoms with van der Waals surface area (Å²) in [6.45, 7) is 1.68. The Kier molecular flexibility index (Phi) is 6.28. The molecule has 0 aromatic rings. The number of aliphatic carboxylic acids is 1. The first-order chi connectivity index (χ1) is 7.38. The van der Waals surface area contributed by atoms with Gasteiger partial charge in [-0.05, 0) is 12.8 Å². The molecular weight excluding hydrogens is 216 g/mol. The van der Waals surface area contributed by atoms with Crippen LogP contribution in [0.4, 0.5) is 0 Å². The molecule has 0 radical (unpaired) electrons. The Bertz CT molecular complexity index is 279. The number of carbonyl (C=O) groups is 3. The molecule has 0 aliphatic carbocycles. The number of carbonyl (C=O) groups excluding carboxylic acids is 2. The minimum absolute atomic E-state index is 0.0805. The smallest absolute Gasteiger partial charge is 0.330 e. The second-order valence-electron chi connectivity index (χ2n) is 3.29. The van der Waals surface area contributed by atoms with Gasteiger partial charge >= 0.3 is 17.9 Å². The van der Waals surface area contributed by atoms with Crippen molar-refractivity contribution in [3.63, 3.8) is 0 Å². The molecule has 0 spiro atoms. The molecule has 0 saturated heterocycles. The van der Waals surface area contributed by atoms with Crippen LogP contribution in [-0.4, -0.2) is 35.1 Å². The Morgan fingerprint density at radius 3 is 2.25 bits per heavy atom. The highest BCUT2D eigenvalue weighted by Gasteiger charge is 2.19. The van der Waals surface area contributed by atoms with Crippen LogP contribution in [0, 0.1) is 0 Å². The summed E-state index contributed by atoms with van der Waals surface area (Å²) in [6, 6.07) is -1.97. The Balaban J connectivity index is 3.92. The first kappa shape index (κ1) is 14.5. The van der Waals surface area contributed by atoms with E-state index in [1.165, 1.54) is 0 Å². The van der Waals surface area contributed by atoms with E-state index in [-0.39, 0.29) is 12.8 Å². The van der Waals surface area contributed by atoms with Gasteiger partial charge in [-0.3, -0.25) is 9.59 Å². The molecule has 16 heavy (non-hydrogen) atoms. The van der Waals surface area contributed by atoms with Gasteiger partial charge in [-0.1, -0.05) is 6.92 Å². The summed E-state index contributed by atoms with van der Waals surface area (Å²) in [6.07, 6.45) is 0.0548. The zero-order valence-corrected chi connectivity index (χ0v) is 9.01. The van der Waals surface area contributed by atoms with Gasteiger partial charge in [0.15, 0.2) is 0 Å². The van der Waals surface area contributed by atoms with Gasteiger partial charge in [0.1, 0.15) is 12.1 Å². The second-order valence-corrected chi connectivity index (χ2v) is 3.29. The number of esters is 2. The Labute approximate surface area is 92.7 Å². The molecule has 0 amide bonds. The predicted molar refractivity (Wildman–Crippen MR) is 54.2 cm³/mol. The predicted octanol–water partition coefficient (Wildman–Crippen LogP) is -1.01. The lowest BCUT2D eigenvalue weighted by Gasteiger charge is -2.08. The molecule has 0 aliphatic heterocycles. The van der Waals surface area contributed by atoms with Crippen LogP contribution in [0.3, 0.4) is 0 Å². The van der Waals surface area contributed by atoms with Crippen LogP contribution in [0.1, 0.15) is 26.2 Å². The third-order valence-corrected chi connectivity index (χ3v) is 1.93. The molecule has 7 heteroatoms. The van der Waals surface area contributed by atoms with Gasteiger partial charge < -0.3 is 21.3 Å². The molecule has 0 aromatic heterocycles.